The average Bonchev–Trinajstić information content (AvgIpc) is 2.49. The van der Waals surface area contributed by atoms with E-state index in [-0.39, 0.29) is 12.4 Å². The van der Waals surface area contributed by atoms with Crippen molar-refractivity contribution in [3.8, 4) is 11.5 Å². The first-order chi connectivity index (χ1) is 9.74. The maximum absolute atomic E-state index is 5.82. The molecule has 0 fully saturated rings. The molecule has 0 aliphatic heterocycles. The van der Waals surface area contributed by atoms with Crippen LogP contribution in [0.1, 0.15) is 5.56 Å². The van der Waals surface area contributed by atoms with Crippen molar-refractivity contribution in [3.63, 3.8) is 0 Å². The molecule has 0 bridgehead atoms. The van der Waals surface area contributed by atoms with Gasteiger partial charge < -0.3 is 20.5 Å². The van der Waals surface area contributed by atoms with Crippen LogP contribution in [0.5, 0.6) is 11.5 Å². The van der Waals surface area contributed by atoms with Gasteiger partial charge in [0.05, 0.1) is 19.9 Å². The van der Waals surface area contributed by atoms with E-state index in [2.05, 4.69) is 10.3 Å². The molecule has 2 aromatic rings. The molecular weight excluding hydrogens is 290 g/mol. The zero-order valence-corrected chi connectivity index (χ0v) is 12.9. The SMILES string of the molecule is COc1ccc(CCNc2ncccc2N)cc1OC.Cl. The summed E-state index contributed by atoms with van der Waals surface area (Å²) in [6.45, 7) is 0.747. The number of nitrogen functional groups attached to an aromatic ring is 1. The smallest absolute Gasteiger partial charge is 0.160 e. The van der Waals surface area contributed by atoms with E-state index >= 15 is 0 Å². The molecule has 2 rings (SSSR count). The molecule has 6 heteroatoms. The number of hydrogen-bond acceptors (Lipinski definition) is 5. The molecule has 21 heavy (non-hydrogen) atoms. The van der Waals surface area contributed by atoms with Gasteiger partial charge in [-0.2, -0.15) is 0 Å². The zero-order valence-electron chi connectivity index (χ0n) is 12.1. The maximum atomic E-state index is 5.82. The third-order valence-electron chi connectivity index (χ3n) is 2.99. The first-order valence-electron chi connectivity index (χ1n) is 6.40. The lowest BCUT2D eigenvalue weighted by Gasteiger charge is -2.11. The highest BCUT2D eigenvalue weighted by Crippen LogP contribution is 2.27. The molecule has 1 aromatic heterocycles. The number of nitrogens with zero attached hydrogens (tertiary/aromatic N) is 1. The van der Waals surface area contributed by atoms with Gasteiger partial charge in [-0.05, 0) is 36.2 Å². The number of anilines is 2. The van der Waals surface area contributed by atoms with Crippen molar-refractivity contribution in [3.05, 3.63) is 42.1 Å². The van der Waals surface area contributed by atoms with Gasteiger partial charge in [0, 0.05) is 12.7 Å². The Morgan fingerprint density at radius 3 is 2.57 bits per heavy atom. The average molecular weight is 310 g/mol. The minimum atomic E-state index is 0. The molecule has 0 saturated heterocycles. The summed E-state index contributed by atoms with van der Waals surface area (Å²) in [5, 5.41) is 3.22. The molecular formula is C15H20ClN3O2. The lowest BCUT2D eigenvalue weighted by molar-refractivity contribution is 0.354. The van der Waals surface area contributed by atoms with Crippen LogP contribution in [0.3, 0.4) is 0 Å². The number of rotatable bonds is 6. The molecule has 0 radical (unpaired) electrons. The predicted molar refractivity (Wildman–Crippen MR) is 87.6 cm³/mol. The topological polar surface area (TPSA) is 69.4 Å². The third-order valence-corrected chi connectivity index (χ3v) is 2.99. The summed E-state index contributed by atoms with van der Waals surface area (Å²) in [5.74, 6) is 2.19. The van der Waals surface area contributed by atoms with Gasteiger partial charge >= 0.3 is 0 Å². The number of nitrogens with one attached hydrogen (secondary N) is 1. The molecule has 0 unspecified atom stereocenters. The highest BCUT2D eigenvalue weighted by Gasteiger charge is 2.05. The van der Waals surface area contributed by atoms with Crippen molar-refractivity contribution in [1.29, 1.82) is 0 Å². The van der Waals surface area contributed by atoms with E-state index in [4.69, 9.17) is 15.2 Å². The molecule has 1 aromatic carbocycles. The monoisotopic (exact) mass is 309 g/mol. The lowest BCUT2D eigenvalue weighted by atomic mass is 10.1. The van der Waals surface area contributed by atoms with Gasteiger partial charge in [-0.25, -0.2) is 4.98 Å². The van der Waals surface area contributed by atoms with E-state index in [0.717, 1.165) is 30.0 Å². The van der Waals surface area contributed by atoms with Gasteiger partial charge in [0.15, 0.2) is 11.5 Å². The van der Waals surface area contributed by atoms with E-state index in [0.29, 0.717) is 11.5 Å². The minimum Gasteiger partial charge on any atom is -0.493 e. The van der Waals surface area contributed by atoms with Gasteiger partial charge in [0.2, 0.25) is 0 Å². The number of pyridine rings is 1. The van der Waals surface area contributed by atoms with Crippen LogP contribution >= 0.6 is 12.4 Å². The molecule has 0 amide bonds. The van der Waals surface area contributed by atoms with Crippen molar-refractivity contribution in [1.82, 2.24) is 4.98 Å². The van der Waals surface area contributed by atoms with Gasteiger partial charge in [-0.15, -0.1) is 12.4 Å². The fourth-order valence-corrected chi connectivity index (χ4v) is 1.93. The number of halogens is 1. The van der Waals surface area contributed by atoms with E-state index in [1.54, 1.807) is 20.4 Å². The summed E-state index contributed by atoms with van der Waals surface area (Å²) in [5.41, 5.74) is 7.63. The van der Waals surface area contributed by atoms with Gasteiger partial charge in [-0.1, -0.05) is 6.07 Å². The molecule has 1 heterocycles. The Kier molecular flexibility index (Phi) is 6.62. The molecule has 5 nitrogen and oxygen atoms in total. The van der Waals surface area contributed by atoms with Crippen molar-refractivity contribution in [2.45, 2.75) is 6.42 Å². The highest BCUT2D eigenvalue weighted by atomic mass is 35.5. The quantitative estimate of drug-likeness (QED) is 0.858. The number of methoxy groups -OCH3 is 2. The van der Waals surface area contributed by atoms with Crippen molar-refractivity contribution >= 4 is 23.9 Å². The van der Waals surface area contributed by atoms with Crippen LogP contribution in [0, 0.1) is 0 Å². The summed E-state index contributed by atoms with van der Waals surface area (Å²) in [7, 11) is 3.26. The highest BCUT2D eigenvalue weighted by molar-refractivity contribution is 5.85. The lowest BCUT2D eigenvalue weighted by Crippen LogP contribution is -2.08. The Morgan fingerprint density at radius 2 is 1.90 bits per heavy atom. The number of nitrogens with two attached hydrogens (primary N) is 1. The van der Waals surface area contributed by atoms with E-state index in [1.165, 1.54) is 0 Å². The Balaban J connectivity index is 0.00000220. The predicted octanol–water partition coefficient (Wildman–Crippen LogP) is 2.76. The third kappa shape index (κ3) is 4.43. The fraction of sp³-hybridized carbons (Fsp3) is 0.267. The Morgan fingerprint density at radius 1 is 1.14 bits per heavy atom. The molecule has 0 aliphatic rings. The summed E-state index contributed by atoms with van der Waals surface area (Å²) < 4.78 is 10.5. The van der Waals surface area contributed by atoms with Crippen LogP contribution < -0.4 is 20.5 Å². The summed E-state index contributed by atoms with van der Waals surface area (Å²) >= 11 is 0. The number of aromatic nitrogens is 1. The second-order valence-electron chi connectivity index (χ2n) is 4.31. The van der Waals surface area contributed by atoms with Crippen LogP contribution in [0.4, 0.5) is 11.5 Å². The van der Waals surface area contributed by atoms with Crippen LogP contribution in [0.25, 0.3) is 0 Å². The molecule has 3 N–H and O–H groups in total. The summed E-state index contributed by atoms with van der Waals surface area (Å²) in [6, 6.07) is 9.54. The normalized spacial score (nSPS) is 9.62. The summed E-state index contributed by atoms with van der Waals surface area (Å²) in [4.78, 5) is 4.19. The zero-order chi connectivity index (χ0) is 14.4. The van der Waals surface area contributed by atoms with Crippen molar-refractivity contribution in [2.75, 3.05) is 31.8 Å². The number of ether oxygens (including phenoxy) is 2. The maximum Gasteiger partial charge on any atom is 0.160 e. The Labute approximate surface area is 130 Å². The molecule has 0 saturated carbocycles. The number of benzene rings is 1. The Hall–Kier alpha value is -2.14. The van der Waals surface area contributed by atoms with Gasteiger partial charge in [0.25, 0.3) is 0 Å². The minimum absolute atomic E-state index is 0. The fourth-order valence-electron chi connectivity index (χ4n) is 1.93. The van der Waals surface area contributed by atoms with E-state index in [1.807, 2.05) is 30.3 Å². The van der Waals surface area contributed by atoms with Crippen LogP contribution in [0.15, 0.2) is 36.5 Å². The first kappa shape index (κ1) is 16.9. The first-order valence-corrected chi connectivity index (χ1v) is 6.40. The second kappa shape index (κ2) is 8.21. The van der Waals surface area contributed by atoms with E-state index in [9.17, 15) is 0 Å². The van der Waals surface area contributed by atoms with Gasteiger partial charge in [0.1, 0.15) is 5.82 Å². The molecule has 114 valence electrons. The number of hydrogen-bond donors (Lipinski definition) is 2. The van der Waals surface area contributed by atoms with Crippen LogP contribution in [-0.4, -0.2) is 25.7 Å². The largest absolute Gasteiger partial charge is 0.493 e. The van der Waals surface area contributed by atoms with Crippen molar-refractivity contribution in [2.24, 2.45) is 0 Å². The molecule has 0 aliphatic carbocycles. The molecule has 0 atom stereocenters. The molecule has 0 spiro atoms. The standard InChI is InChI=1S/C15H19N3O2.ClH/c1-19-13-6-5-11(10-14(13)20-2)7-9-18-15-12(16)4-3-8-17-15;/h3-6,8,10H,7,9,16H2,1-2H3,(H,17,18);1H. The second-order valence-corrected chi connectivity index (χ2v) is 4.31. The van der Waals surface area contributed by atoms with E-state index < -0.39 is 0 Å². The Bertz CT molecular complexity index is 579. The van der Waals surface area contributed by atoms with Crippen LogP contribution in [-0.2, 0) is 6.42 Å². The van der Waals surface area contributed by atoms with Gasteiger partial charge in [-0.3, -0.25) is 0 Å². The van der Waals surface area contributed by atoms with Crippen molar-refractivity contribution < 1.29 is 9.47 Å². The van der Waals surface area contributed by atoms with Crippen LogP contribution in [0.2, 0.25) is 0 Å². The summed E-state index contributed by atoms with van der Waals surface area (Å²) in [6.07, 6.45) is 2.56.